The van der Waals surface area contributed by atoms with E-state index < -0.39 is 0 Å². The normalized spacial score (nSPS) is 11.0. The first-order valence-corrected chi connectivity index (χ1v) is 10.9. The van der Waals surface area contributed by atoms with Crippen LogP contribution in [-0.2, 0) is 6.42 Å². The van der Waals surface area contributed by atoms with Crippen LogP contribution in [-0.4, -0.2) is 20.3 Å². The van der Waals surface area contributed by atoms with Crippen molar-refractivity contribution >= 4 is 17.2 Å². The highest BCUT2D eigenvalue weighted by Gasteiger charge is 2.13. The molecule has 162 valence electrons. The number of imidazole rings is 1. The van der Waals surface area contributed by atoms with Gasteiger partial charge in [-0.05, 0) is 73.4 Å². The molecule has 0 aliphatic carbocycles. The van der Waals surface area contributed by atoms with Crippen LogP contribution in [0.15, 0.2) is 91.5 Å². The van der Waals surface area contributed by atoms with E-state index in [1.54, 1.807) is 12.4 Å². The lowest BCUT2D eigenvalue weighted by Crippen LogP contribution is -2.14. The molecule has 3 heterocycles. The molecular weight excluding hydrogens is 408 g/mol. The van der Waals surface area contributed by atoms with Crippen molar-refractivity contribution in [3.05, 3.63) is 119 Å². The molecule has 0 saturated carbocycles. The Kier molecular flexibility index (Phi) is 5.45. The highest BCUT2D eigenvalue weighted by molar-refractivity contribution is 6.05. The minimum Gasteiger partial charge on any atom is -0.322 e. The Morgan fingerprint density at radius 1 is 0.970 bits per heavy atom. The third-order valence-electron chi connectivity index (χ3n) is 5.77. The maximum atomic E-state index is 13.1. The van der Waals surface area contributed by atoms with Gasteiger partial charge in [0, 0.05) is 41.6 Å². The largest absolute Gasteiger partial charge is 0.322 e. The van der Waals surface area contributed by atoms with Gasteiger partial charge >= 0.3 is 0 Å². The lowest BCUT2D eigenvalue weighted by atomic mass is 9.97. The quantitative estimate of drug-likeness (QED) is 0.379. The molecule has 0 aliphatic heterocycles. The number of carbonyl (C=O) groups excluding carboxylic acids is 1. The van der Waals surface area contributed by atoms with Gasteiger partial charge in [-0.2, -0.15) is 0 Å². The molecule has 5 heteroatoms. The van der Waals surface area contributed by atoms with E-state index in [9.17, 15) is 4.79 Å². The summed E-state index contributed by atoms with van der Waals surface area (Å²) in [6.45, 7) is 4.09. The number of aromatic nitrogens is 3. The van der Waals surface area contributed by atoms with Crippen molar-refractivity contribution in [3.63, 3.8) is 0 Å². The number of amides is 1. The predicted molar refractivity (Wildman–Crippen MR) is 132 cm³/mol. The van der Waals surface area contributed by atoms with Crippen LogP contribution < -0.4 is 5.32 Å². The first-order valence-electron chi connectivity index (χ1n) is 10.9. The molecule has 5 nitrogen and oxygen atoms in total. The number of carbonyl (C=O) groups is 1. The summed E-state index contributed by atoms with van der Waals surface area (Å²) in [6, 6.07) is 21.8. The molecule has 0 saturated heterocycles. The van der Waals surface area contributed by atoms with Gasteiger partial charge in [0.15, 0.2) is 0 Å². The third-order valence-corrected chi connectivity index (χ3v) is 5.77. The van der Waals surface area contributed by atoms with E-state index in [2.05, 4.69) is 29.4 Å². The van der Waals surface area contributed by atoms with Crippen LogP contribution in [0.4, 0.5) is 5.69 Å². The van der Waals surface area contributed by atoms with Gasteiger partial charge < -0.3 is 9.72 Å². The monoisotopic (exact) mass is 432 g/mol. The van der Waals surface area contributed by atoms with Crippen molar-refractivity contribution in [1.29, 1.82) is 0 Å². The number of nitrogens with zero attached hydrogens (tertiary/aromatic N) is 3. The van der Waals surface area contributed by atoms with E-state index in [-0.39, 0.29) is 5.91 Å². The number of benzene rings is 2. The predicted octanol–water partition coefficient (Wildman–Crippen LogP) is 5.86. The van der Waals surface area contributed by atoms with Crippen molar-refractivity contribution in [2.75, 3.05) is 5.32 Å². The van der Waals surface area contributed by atoms with Gasteiger partial charge in [0.1, 0.15) is 5.65 Å². The summed E-state index contributed by atoms with van der Waals surface area (Å²) >= 11 is 0. The Labute approximate surface area is 192 Å². The molecule has 2 aromatic carbocycles. The van der Waals surface area contributed by atoms with Gasteiger partial charge in [0.25, 0.3) is 5.91 Å². The number of pyridine rings is 2. The van der Waals surface area contributed by atoms with Gasteiger partial charge in [0.2, 0.25) is 0 Å². The Bertz CT molecular complexity index is 1440. The summed E-state index contributed by atoms with van der Waals surface area (Å²) in [7, 11) is 0. The van der Waals surface area contributed by atoms with Gasteiger partial charge in [-0.1, -0.05) is 35.9 Å². The highest BCUT2D eigenvalue weighted by atomic mass is 16.1. The molecule has 1 amide bonds. The van der Waals surface area contributed by atoms with Crippen molar-refractivity contribution in [3.8, 4) is 11.3 Å². The smallest absolute Gasteiger partial charge is 0.255 e. The number of aryl methyl sites for hydroxylation is 2. The Morgan fingerprint density at radius 3 is 2.52 bits per heavy atom. The second kappa shape index (κ2) is 8.71. The van der Waals surface area contributed by atoms with Crippen LogP contribution in [0.2, 0.25) is 0 Å². The van der Waals surface area contributed by atoms with Gasteiger partial charge in [0.05, 0.1) is 5.69 Å². The van der Waals surface area contributed by atoms with E-state index in [0.29, 0.717) is 12.0 Å². The second-order valence-electron chi connectivity index (χ2n) is 8.27. The number of anilines is 1. The summed E-state index contributed by atoms with van der Waals surface area (Å²) in [4.78, 5) is 21.9. The van der Waals surface area contributed by atoms with Crippen LogP contribution in [0, 0.1) is 13.8 Å². The molecule has 1 N–H and O–H groups in total. The molecule has 0 bridgehead atoms. The number of fused-ring (bicyclic) bond motifs is 1. The molecule has 0 aliphatic rings. The highest BCUT2D eigenvalue weighted by Crippen LogP contribution is 2.23. The molecule has 0 unspecified atom stereocenters. The van der Waals surface area contributed by atoms with Crippen LogP contribution in [0.1, 0.15) is 32.6 Å². The molecule has 0 radical (unpaired) electrons. The van der Waals surface area contributed by atoms with Crippen molar-refractivity contribution in [2.24, 2.45) is 0 Å². The zero-order chi connectivity index (χ0) is 22.8. The minimum atomic E-state index is -0.116. The molecule has 0 spiro atoms. The second-order valence-corrected chi connectivity index (χ2v) is 8.27. The van der Waals surface area contributed by atoms with Crippen LogP contribution in [0.5, 0.6) is 0 Å². The van der Waals surface area contributed by atoms with Gasteiger partial charge in [-0.15, -0.1) is 0 Å². The number of rotatable bonds is 5. The molecular formula is C28H24N4O. The van der Waals surface area contributed by atoms with E-state index >= 15 is 0 Å². The molecule has 0 fully saturated rings. The van der Waals surface area contributed by atoms with Gasteiger partial charge in [-0.3, -0.25) is 9.78 Å². The Morgan fingerprint density at radius 2 is 1.76 bits per heavy atom. The fraction of sp³-hybridized carbons (Fsp3) is 0.107. The summed E-state index contributed by atoms with van der Waals surface area (Å²) < 4.78 is 2.03. The van der Waals surface area contributed by atoms with E-state index in [0.717, 1.165) is 44.8 Å². The lowest BCUT2D eigenvalue weighted by molar-refractivity contribution is 0.102. The van der Waals surface area contributed by atoms with Crippen molar-refractivity contribution < 1.29 is 4.79 Å². The standard InChI is InChI=1S/C28H24N4O/c1-19-5-10-25(23(16-19)17-21-11-13-29-14-12-21)28(33)30-24-8-6-22(7-9-24)26-18-32-15-3-4-20(2)27(32)31-26/h3-16,18H,17H2,1-2H3,(H,30,33). The fourth-order valence-electron chi connectivity index (χ4n) is 4.03. The number of hydrogen-bond acceptors (Lipinski definition) is 3. The average Bonchev–Trinajstić information content (AvgIpc) is 3.26. The number of nitrogens with one attached hydrogen (secondary N) is 1. The first-order chi connectivity index (χ1) is 16.1. The molecule has 5 aromatic rings. The maximum Gasteiger partial charge on any atom is 0.255 e. The summed E-state index contributed by atoms with van der Waals surface area (Å²) in [5.74, 6) is -0.116. The molecule has 0 atom stereocenters. The third kappa shape index (κ3) is 4.39. The van der Waals surface area contributed by atoms with Crippen LogP contribution in [0.25, 0.3) is 16.9 Å². The Balaban J connectivity index is 1.36. The topological polar surface area (TPSA) is 59.3 Å². The maximum absolute atomic E-state index is 13.1. The van der Waals surface area contributed by atoms with Crippen LogP contribution in [0.3, 0.4) is 0 Å². The van der Waals surface area contributed by atoms with E-state index in [1.807, 2.05) is 78.3 Å². The summed E-state index contributed by atoms with van der Waals surface area (Å²) in [6.07, 6.45) is 8.25. The van der Waals surface area contributed by atoms with Crippen molar-refractivity contribution in [2.45, 2.75) is 20.3 Å². The zero-order valence-electron chi connectivity index (χ0n) is 18.6. The van der Waals surface area contributed by atoms with E-state index in [1.165, 1.54) is 0 Å². The zero-order valence-corrected chi connectivity index (χ0v) is 18.6. The molecule has 3 aromatic heterocycles. The molecule has 33 heavy (non-hydrogen) atoms. The number of hydrogen-bond donors (Lipinski definition) is 1. The average molecular weight is 433 g/mol. The van der Waals surface area contributed by atoms with E-state index in [4.69, 9.17) is 4.98 Å². The van der Waals surface area contributed by atoms with Crippen molar-refractivity contribution in [1.82, 2.24) is 14.4 Å². The minimum absolute atomic E-state index is 0.116. The van der Waals surface area contributed by atoms with Crippen LogP contribution >= 0.6 is 0 Å². The SMILES string of the molecule is Cc1ccc(C(=O)Nc2ccc(-c3cn4cccc(C)c4n3)cc2)c(Cc2ccncc2)c1. The first kappa shape index (κ1) is 20.6. The summed E-state index contributed by atoms with van der Waals surface area (Å²) in [5.41, 5.74) is 8.66. The van der Waals surface area contributed by atoms with Gasteiger partial charge in [-0.25, -0.2) is 4.98 Å². The lowest BCUT2D eigenvalue weighted by Gasteiger charge is -2.12. The molecule has 5 rings (SSSR count). The summed E-state index contributed by atoms with van der Waals surface area (Å²) in [5, 5.41) is 3.04. The fourth-order valence-corrected chi connectivity index (χ4v) is 4.03. The Hall–Kier alpha value is -4.25.